The van der Waals surface area contributed by atoms with Crippen molar-refractivity contribution in [2.45, 2.75) is 70.6 Å². The fraction of sp³-hybridized carbons (Fsp3) is 0.522. The number of likely N-dealkylation sites (tertiary alicyclic amines) is 1. The van der Waals surface area contributed by atoms with Crippen LogP contribution in [0, 0.1) is 6.92 Å². The number of thiazole rings is 1. The zero-order valence-corrected chi connectivity index (χ0v) is 19.4. The van der Waals surface area contributed by atoms with Gasteiger partial charge in [0, 0.05) is 12.8 Å². The van der Waals surface area contributed by atoms with Gasteiger partial charge in [-0.2, -0.15) is 0 Å². The monoisotopic (exact) mass is 466 g/mol. The van der Waals surface area contributed by atoms with Crippen molar-refractivity contribution < 1.29 is 28.2 Å². The van der Waals surface area contributed by atoms with Gasteiger partial charge in [-0.1, -0.05) is 24.3 Å². The minimum Gasteiger partial charge on any atom is -0.444 e. The van der Waals surface area contributed by atoms with Gasteiger partial charge in [0.25, 0.3) is 0 Å². The predicted molar refractivity (Wildman–Crippen MR) is 118 cm³/mol. The molecule has 3 atom stereocenters. The average Bonchev–Trinajstić information content (AvgIpc) is 3.30. The molecule has 9 heteroatoms. The number of benzene rings is 1. The van der Waals surface area contributed by atoms with E-state index in [2.05, 4.69) is 4.98 Å². The Morgan fingerprint density at radius 3 is 2.47 bits per heavy atom. The third-order valence-electron chi connectivity index (χ3n) is 5.35. The molecule has 174 valence electrons. The van der Waals surface area contributed by atoms with Crippen molar-refractivity contribution in [2.24, 2.45) is 0 Å². The van der Waals surface area contributed by atoms with Crippen LogP contribution in [0.2, 0.25) is 0 Å². The molecule has 1 aliphatic heterocycles. The quantitative estimate of drug-likeness (QED) is 0.662. The number of aryl methyl sites for hydroxylation is 1. The highest BCUT2D eigenvalue weighted by atomic mass is 32.1. The van der Waals surface area contributed by atoms with Crippen molar-refractivity contribution in [2.75, 3.05) is 6.54 Å². The molecule has 1 saturated heterocycles. The van der Waals surface area contributed by atoms with Crippen molar-refractivity contribution in [3.8, 4) is 10.4 Å². The lowest BCUT2D eigenvalue weighted by atomic mass is 9.90. The van der Waals surface area contributed by atoms with E-state index in [9.17, 15) is 23.5 Å². The van der Waals surface area contributed by atoms with Gasteiger partial charge in [0.2, 0.25) is 6.43 Å². The third kappa shape index (κ3) is 5.69. The van der Waals surface area contributed by atoms with Crippen LogP contribution in [0.3, 0.4) is 0 Å². The van der Waals surface area contributed by atoms with Crippen molar-refractivity contribution in [3.63, 3.8) is 0 Å². The van der Waals surface area contributed by atoms with Crippen LogP contribution >= 0.6 is 11.3 Å². The molecule has 32 heavy (non-hydrogen) atoms. The Morgan fingerprint density at radius 2 is 1.94 bits per heavy atom. The Kier molecular flexibility index (Phi) is 7.29. The summed E-state index contributed by atoms with van der Waals surface area (Å²) in [5, 5.41) is 10.0. The Hall–Kier alpha value is -2.39. The number of nitrogens with zero attached hydrogens (tertiary/aromatic N) is 2. The molecule has 1 aromatic carbocycles. The molecule has 3 rings (SSSR count). The summed E-state index contributed by atoms with van der Waals surface area (Å²) in [5.74, 6) is -1.82. The Bertz CT molecular complexity index is 956. The number of halogens is 2. The molecule has 0 spiro atoms. The maximum absolute atomic E-state index is 13.9. The first-order valence-electron chi connectivity index (χ1n) is 10.4. The zero-order valence-electron chi connectivity index (χ0n) is 18.5. The van der Waals surface area contributed by atoms with Gasteiger partial charge in [-0.25, -0.2) is 18.6 Å². The van der Waals surface area contributed by atoms with Crippen LogP contribution in [0.25, 0.3) is 10.4 Å². The van der Waals surface area contributed by atoms with Crippen molar-refractivity contribution >= 4 is 23.2 Å². The van der Waals surface area contributed by atoms with Gasteiger partial charge in [-0.15, -0.1) is 11.3 Å². The van der Waals surface area contributed by atoms with E-state index in [4.69, 9.17) is 4.74 Å². The maximum atomic E-state index is 13.9. The molecule has 1 unspecified atom stereocenters. The van der Waals surface area contributed by atoms with E-state index in [0.29, 0.717) is 5.56 Å². The lowest BCUT2D eigenvalue weighted by Gasteiger charge is -2.28. The number of Topliss-reactive ketones (excluding diaryl/α,β-unsaturated/α-hetero) is 1. The molecule has 1 N–H and O–H groups in total. The maximum Gasteiger partial charge on any atom is 0.410 e. The van der Waals surface area contributed by atoms with Crippen LogP contribution in [0.5, 0.6) is 0 Å². The second-order valence-corrected chi connectivity index (χ2v) is 9.89. The molecule has 1 aromatic heterocycles. The average molecular weight is 467 g/mol. The number of aromatic nitrogens is 1. The van der Waals surface area contributed by atoms with E-state index in [-0.39, 0.29) is 13.0 Å². The molecule has 1 aliphatic rings. The minimum atomic E-state index is -2.75. The molecule has 1 amide bonds. The minimum absolute atomic E-state index is 0.0115. The number of ketones is 1. The Balaban J connectivity index is 1.76. The SMILES string of the molecule is Cc1ncsc1-c1ccc([C@@H](CC(=O)C2C[C@@H](O)CN2C(=O)OC(C)(C)C)C(F)F)cc1. The number of rotatable bonds is 6. The van der Waals surface area contributed by atoms with Gasteiger partial charge < -0.3 is 9.84 Å². The summed E-state index contributed by atoms with van der Waals surface area (Å²) in [6, 6.07) is 5.73. The van der Waals surface area contributed by atoms with E-state index in [0.717, 1.165) is 21.0 Å². The second-order valence-electron chi connectivity index (χ2n) is 9.04. The Morgan fingerprint density at radius 1 is 1.28 bits per heavy atom. The van der Waals surface area contributed by atoms with Gasteiger partial charge in [0.1, 0.15) is 5.60 Å². The van der Waals surface area contributed by atoms with Crippen LogP contribution in [-0.4, -0.2) is 57.6 Å². The largest absolute Gasteiger partial charge is 0.444 e. The molecule has 0 radical (unpaired) electrons. The van der Waals surface area contributed by atoms with Crippen LogP contribution in [0.1, 0.15) is 50.8 Å². The van der Waals surface area contributed by atoms with Crippen molar-refractivity contribution in [3.05, 3.63) is 41.0 Å². The molecular formula is C23H28F2N2O4S. The summed E-state index contributed by atoms with van der Waals surface area (Å²) < 4.78 is 33.1. The fourth-order valence-corrected chi connectivity index (χ4v) is 4.62. The summed E-state index contributed by atoms with van der Waals surface area (Å²) in [5.41, 5.74) is 3.04. The summed E-state index contributed by atoms with van der Waals surface area (Å²) in [7, 11) is 0. The molecule has 0 aliphatic carbocycles. The predicted octanol–water partition coefficient (Wildman–Crippen LogP) is 4.80. The van der Waals surface area contributed by atoms with Gasteiger partial charge in [-0.05, 0) is 38.8 Å². The van der Waals surface area contributed by atoms with E-state index >= 15 is 0 Å². The van der Waals surface area contributed by atoms with Crippen LogP contribution in [0.15, 0.2) is 29.8 Å². The Labute approximate surface area is 190 Å². The molecule has 0 bridgehead atoms. The fourth-order valence-electron chi connectivity index (χ4n) is 3.81. The highest BCUT2D eigenvalue weighted by Gasteiger charge is 2.42. The molecule has 2 heterocycles. The van der Waals surface area contributed by atoms with Gasteiger partial charge in [-0.3, -0.25) is 9.69 Å². The molecule has 1 fully saturated rings. The molecule has 2 aromatic rings. The van der Waals surface area contributed by atoms with E-state index in [1.165, 1.54) is 11.3 Å². The summed E-state index contributed by atoms with van der Waals surface area (Å²) >= 11 is 1.47. The number of amides is 1. The first-order chi connectivity index (χ1) is 15.0. The molecule has 6 nitrogen and oxygen atoms in total. The summed E-state index contributed by atoms with van der Waals surface area (Å²) in [6.45, 7) is 6.90. The highest BCUT2D eigenvalue weighted by Crippen LogP contribution is 2.33. The summed E-state index contributed by atoms with van der Waals surface area (Å²) in [4.78, 5) is 31.8. The number of hydrogen-bond acceptors (Lipinski definition) is 6. The van der Waals surface area contributed by atoms with Gasteiger partial charge >= 0.3 is 6.09 Å². The second kappa shape index (κ2) is 9.62. The van der Waals surface area contributed by atoms with Gasteiger partial charge in [0.05, 0.1) is 40.7 Å². The number of hydrogen-bond donors (Lipinski definition) is 1. The van der Waals surface area contributed by atoms with E-state index in [1.54, 1.807) is 50.5 Å². The van der Waals surface area contributed by atoms with Crippen LogP contribution in [0.4, 0.5) is 13.6 Å². The standard InChI is InChI=1S/C23H28F2N2O4S/c1-13-20(32-12-26-13)15-7-5-14(6-8-15)17(21(24)25)10-19(29)18-9-16(28)11-27(18)22(30)31-23(2,3)4/h5-8,12,16-18,21,28H,9-11H2,1-4H3/t16-,17-,18?/m1/s1. The number of aliphatic hydroxyl groups excluding tert-OH is 1. The topological polar surface area (TPSA) is 79.7 Å². The summed E-state index contributed by atoms with van der Waals surface area (Å²) in [6.07, 6.45) is -4.81. The number of ether oxygens (including phenoxy) is 1. The number of alkyl halides is 2. The zero-order chi connectivity index (χ0) is 23.6. The smallest absolute Gasteiger partial charge is 0.410 e. The van der Waals surface area contributed by atoms with Gasteiger partial charge in [0.15, 0.2) is 5.78 Å². The molecular weight excluding hydrogens is 438 g/mol. The van der Waals surface area contributed by atoms with E-state index in [1.807, 2.05) is 6.92 Å². The lowest BCUT2D eigenvalue weighted by molar-refractivity contribution is -0.124. The highest BCUT2D eigenvalue weighted by molar-refractivity contribution is 7.13. The number of β-amino-alcohol motifs (C(OH)–C–C–N with tert-alkyl or cyclic N) is 1. The molecule has 0 saturated carbocycles. The lowest BCUT2D eigenvalue weighted by Crippen LogP contribution is -2.44. The third-order valence-corrected chi connectivity index (χ3v) is 6.33. The van der Waals surface area contributed by atoms with Crippen molar-refractivity contribution in [1.82, 2.24) is 9.88 Å². The first kappa shape index (κ1) is 24.3. The first-order valence-corrected chi connectivity index (χ1v) is 11.3. The normalized spacial score (nSPS) is 19.9. The van der Waals surface area contributed by atoms with Crippen molar-refractivity contribution in [1.29, 1.82) is 0 Å². The van der Waals surface area contributed by atoms with Crippen LogP contribution in [-0.2, 0) is 9.53 Å². The number of carbonyl (C=O) groups is 2. The number of aliphatic hydroxyl groups is 1. The number of carbonyl (C=O) groups excluding carboxylic acids is 2. The van der Waals surface area contributed by atoms with E-state index < -0.39 is 48.4 Å². The van der Waals surface area contributed by atoms with Crippen LogP contribution < -0.4 is 0 Å².